The summed E-state index contributed by atoms with van der Waals surface area (Å²) in [6.07, 6.45) is 7.09. The third-order valence-corrected chi connectivity index (χ3v) is 4.56. The van der Waals surface area contributed by atoms with Crippen LogP contribution >= 0.6 is 0 Å². The van der Waals surface area contributed by atoms with Gasteiger partial charge in [0.2, 0.25) is 5.91 Å². The molecule has 5 heteroatoms. The number of hydrogen-bond donors (Lipinski definition) is 1. The molecule has 20 heavy (non-hydrogen) atoms. The molecule has 0 bridgehead atoms. The van der Waals surface area contributed by atoms with Gasteiger partial charge in [0, 0.05) is 12.2 Å². The molecule has 1 aliphatic heterocycles. The van der Waals surface area contributed by atoms with Gasteiger partial charge in [-0.25, -0.2) is 4.98 Å². The van der Waals surface area contributed by atoms with Crippen molar-refractivity contribution in [2.75, 3.05) is 4.90 Å². The van der Waals surface area contributed by atoms with Gasteiger partial charge in [-0.05, 0) is 37.3 Å². The van der Waals surface area contributed by atoms with E-state index in [9.17, 15) is 4.79 Å². The first-order valence-electron chi connectivity index (χ1n) is 7.14. The summed E-state index contributed by atoms with van der Waals surface area (Å²) >= 11 is 0. The predicted octanol–water partition coefficient (Wildman–Crippen LogP) is 1.58. The second kappa shape index (κ2) is 5.12. The number of nitrogens with zero attached hydrogens (tertiary/aromatic N) is 3. The molecule has 3 atom stereocenters. The molecule has 2 aliphatic rings. The maximum Gasteiger partial charge on any atom is 0.240 e. The number of primary amides is 1. The Kier molecular flexibility index (Phi) is 3.31. The molecular weight excluding hydrogens is 252 g/mol. The van der Waals surface area contributed by atoms with Crippen molar-refractivity contribution in [3.8, 4) is 6.07 Å². The SMILES string of the molecule is N#Cc1ccc(N2[C@@H]3CCCC[C@@H]3C[C@H]2C(N)=O)nc1. The van der Waals surface area contributed by atoms with Crippen LogP contribution in [0.1, 0.15) is 37.7 Å². The zero-order valence-electron chi connectivity index (χ0n) is 11.3. The summed E-state index contributed by atoms with van der Waals surface area (Å²) in [4.78, 5) is 18.2. The third-order valence-electron chi connectivity index (χ3n) is 4.56. The highest BCUT2D eigenvalue weighted by Crippen LogP contribution is 2.41. The zero-order chi connectivity index (χ0) is 14.1. The molecule has 0 spiro atoms. The van der Waals surface area contributed by atoms with Crippen molar-refractivity contribution in [3.05, 3.63) is 23.9 Å². The maximum absolute atomic E-state index is 11.8. The number of nitrogens with two attached hydrogens (primary N) is 1. The molecule has 0 unspecified atom stereocenters. The van der Waals surface area contributed by atoms with E-state index in [-0.39, 0.29) is 11.9 Å². The van der Waals surface area contributed by atoms with E-state index in [1.165, 1.54) is 19.3 Å². The van der Waals surface area contributed by atoms with Gasteiger partial charge >= 0.3 is 0 Å². The zero-order valence-corrected chi connectivity index (χ0v) is 11.3. The molecule has 3 rings (SSSR count). The van der Waals surface area contributed by atoms with Crippen LogP contribution in [0.25, 0.3) is 0 Å². The molecule has 2 heterocycles. The standard InChI is InChI=1S/C15H18N4O/c16-8-10-5-6-14(18-9-10)19-12-4-2-1-3-11(12)7-13(19)15(17)20/h5-6,9,11-13H,1-4,7H2,(H2,17,20)/t11-,12-,13+/m1/s1. The highest BCUT2D eigenvalue weighted by atomic mass is 16.1. The second-order valence-corrected chi connectivity index (χ2v) is 5.69. The van der Waals surface area contributed by atoms with Crippen LogP contribution in [0.3, 0.4) is 0 Å². The Bertz CT molecular complexity index is 548. The van der Waals surface area contributed by atoms with Crippen LogP contribution < -0.4 is 10.6 Å². The molecule has 5 nitrogen and oxygen atoms in total. The summed E-state index contributed by atoms with van der Waals surface area (Å²) in [6.45, 7) is 0. The first-order valence-corrected chi connectivity index (χ1v) is 7.14. The summed E-state index contributed by atoms with van der Waals surface area (Å²) in [5.74, 6) is 1.03. The normalized spacial score (nSPS) is 28.8. The fourth-order valence-electron chi connectivity index (χ4n) is 3.65. The monoisotopic (exact) mass is 270 g/mol. The molecule has 1 aromatic heterocycles. The average molecular weight is 270 g/mol. The Labute approximate surface area is 118 Å². The number of carbonyl (C=O) groups excluding carboxylic acids is 1. The molecule has 0 radical (unpaired) electrons. The molecule has 2 N–H and O–H groups in total. The number of anilines is 1. The van der Waals surface area contributed by atoms with E-state index in [1.807, 2.05) is 6.07 Å². The first-order chi connectivity index (χ1) is 9.70. The van der Waals surface area contributed by atoms with E-state index in [2.05, 4.69) is 16.0 Å². The van der Waals surface area contributed by atoms with Crippen LogP contribution in [-0.4, -0.2) is 23.0 Å². The van der Waals surface area contributed by atoms with Crippen molar-refractivity contribution in [3.63, 3.8) is 0 Å². The van der Waals surface area contributed by atoms with E-state index in [0.29, 0.717) is 17.5 Å². The van der Waals surface area contributed by atoms with Crippen LogP contribution in [0.15, 0.2) is 18.3 Å². The van der Waals surface area contributed by atoms with Crippen molar-refractivity contribution in [1.82, 2.24) is 4.98 Å². The number of fused-ring (bicyclic) bond motifs is 1. The van der Waals surface area contributed by atoms with Gasteiger partial charge in [0.1, 0.15) is 17.9 Å². The Morgan fingerprint density at radius 1 is 1.40 bits per heavy atom. The van der Waals surface area contributed by atoms with E-state index < -0.39 is 0 Å². The third kappa shape index (κ3) is 2.11. The minimum Gasteiger partial charge on any atom is -0.368 e. The summed E-state index contributed by atoms with van der Waals surface area (Å²) in [5.41, 5.74) is 6.11. The quantitative estimate of drug-likeness (QED) is 0.884. The van der Waals surface area contributed by atoms with Gasteiger partial charge in [-0.3, -0.25) is 4.79 Å². The van der Waals surface area contributed by atoms with Crippen molar-refractivity contribution < 1.29 is 4.79 Å². The number of amides is 1. The summed E-state index contributed by atoms with van der Waals surface area (Å²) in [7, 11) is 0. The predicted molar refractivity (Wildman–Crippen MR) is 74.8 cm³/mol. The van der Waals surface area contributed by atoms with Crippen molar-refractivity contribution >= 4 is 11.7 Å². The Morgan fingerprint density at radius 3 is 2.85 bits per heavy atom. The fraction of sp³-hybridized carbons (Fsp3) is 0.533. The van der Waals surface area contributed by atoms with Gasteiger partial charge in [0.05, 0.1) is 5.56 Å². The lowest BCUT2D eigenvalue weighted by atomic mass is 9.84. The van der Waals surface area contributed by atoms with E-state index in [1.54, 1.807) is 12.3 Å². The molecule has 2 fully saturated rings. The number of pyridine rings is 1. The summed E-state index contributed by atoms with van der Waals surface area (Å²) < 4.78 is 0. The number of aromatic nitrogens is 1. The molecule has 0 aromatic carbocycles. The van der Waals surface area contributed by atoms with Crippen molar-refractivity contribution in [2.45, 2.75) is 44.2 Å². The lowest BCUT2D eigenvalue weighted by molar-refractivity contribution is -0.119. The molecule has 1 aliphatic carbocycles. The van der Waals surface area contributed by atoms with Gasteiger partial charge in [-0.2, -0.15) is 5.26 Å². The minimum atomic E-state index is -0.273. The molecule has 104 valence electrons. The minimum absolute atomic E-state index is 0.261. The molecular formula is C15H18N4O. The summed E-state index contributed by atoms with van der Waals surface area (Å²) in [6, 6.07) is 5.74. The van der Waals surface area contributed by atoms with Crippen molar-refractivity contribution in [2.24, 2.45) is 11.7 Å². The fourth-order valence-corrected chi connectivity index (χ4v) is 3.65. The Balaban J connectivity index is 1.94. The van der Waals surface area contributed by atoms with Crippen LogP contribution in [0, 0.1) is 17.2 Å². The maximum atomic E-state index is 11.8. The lowest BCUT2D eigenvalue weighted by Gasteiger charge is -2.34. The smallest absolute Gasteiger partial charge is 0.240 e. The van der Waals surface area contributed by atoms with Crippen LogP contribution in [0.2, 0.25) is 0 Å². The number of hydrogen-bond acceptors (Lipinski definition) is 4. The number of rotatable bonds is 2. The van der Waals surface area contributed by atoms with Crippen LogP contribution in [-0.2, 0) is 4.79 Å². The van der Waals surface area contributed by atoms with Crippen molar-refractivity contribution in [1.29, 1.82) is 5.26 Å². The lowest BCUT2D eigenvalue weighted by Crippen LogP contribution is -2.45. The highest BCUT2D eigenvalue weighted by Gasteiger charge is 2.44. The van der Waals surface area contributed by atoms with Gasteiger partial charge in [-0.1, -0.05) is 12.8 Å². The van der Waals surface area contributed by atoms with E-state index >= 15 is 0 Å². The molecule has 1 saturated carbocycles. The highest BCUT2D eigenvalue weighted by molar-refractivity contribution is 5.84. The largest absolute Gasteiger partial charge is 0.368 e. The first kappa shape index (κ1) is 12.9. The van der Waals surface area contributed by atoms with Crippen LogP contribution in [0.5, 0.6) is 0 Å². The van der Waals surface area contributed by atoms with Crippen LogP contribution in [0.4, 0.5) is 5.82 Å². The Morgan fingerprint density at radius 2 is 2.20 bits per heavy atom. The van der Waals surface area contributed by atoms with Gasteiger partial charge in [-0.15, -0.1) is 0 Å². The van der Waals surface area contributed by atoms with E-state index in [4.69, 9.17) is 11.0 Å². The Hall–Kier alpha value is -2.09. The second-order valence-electron chi connectivity index (χ2n) is 5.69. The van der Waals surface area contributed by atoms with E-state index in [0.717, 1.165) is 18.7 Å². The summed E-state index contributed by atoms with van der Waals surface area (Å²) in [5, 5.41) is 8.84. The van der Waals surface area contributed by atoms with Gasteiger partial charge in [0.25, 0.3) is 0 Å². The molecule has 1 saturated heterocycles. The van der Waals surface area contributed by atoms with Gasteiger partial charge < -0.3 is 10.6 Å². The number of nitriles is 1. The average Bonchev–Trinajstić information content (AvgIpc) is 2.87. The molecule has 1 aromatic rings. The van der Waals surface area contributed by atoms with Gasteiger partial charge in [0.15, 0.2) is 0 Å². The molecule has 1 amide bonds. The topological polar surface area (TPSA) is 83.0 Å². The number of carbonyl (C=O) groups is 1.